The lowest BCUT2D eigenvalue weighted by molar-refractivity contribution is 0.0951. The van der Waals surface area contributed by atoms with Crippen molar-refractivity contribution in [3.05, 3.63) is 117 Å². The largest absolute Gasteiger partial charge is 0.290 e. The molecule has 3 aromatic carbocycles. The van der Waals surface area contributed by atoms with E-state index in [1.807, 2.05) is 71.7 Å². The molecule has 0 saturated heterocycles. The maximum atomic E-state index is 12.6. The number of amides is 1. The Kier molecular flexibility index (Phi) is 6.90. The van der Waals surface area contributed by atoms with E-state index in [4.69, 9.17) is 28.3 Å². The number of carbonyl (C=O) groups excluding carboxylic acids is 1. The molecular formula is C26H19Cl2N5OS. The van der Waals surface area contributed by atoms with E-state index in [9.17, 15) is 4.79 Å². The SMILES string of the molecule is O=C(N/N=C/c1cccc(Cl)c1)c1csc(N2N=C(c3ccccc3)CC2c2ccc(Cl)cc2)n1. The van der Waals surface area contributed by atoms with Crippen LogP contribution in [0.4, 0.5) is 5.13 Å². The fraction of sp³-hybridized carbons (Fsp3) is 0.0769. The normalized spacial score (nSPS) is 15.4. The second kappa shape index (κ2) is 10.4. The predicted molar refractivity (Wildman–Crippen MR) is 143 cm³/mol. The molecule has 0 fully saturated rings. The van der Waals surface area contributed by atoms with E-state index in [-0.39, 0.29) is 11.7 Å². The third-order valence-electron chi connectivity index (χ3n) is 5.42. The highest BCUT2D eigenvalue weighted by Gasteiger charge is 2.32. The summed E-state index contributed by atoms with van der Waals surface area (Å²) in [6, 6.07) is 24.9. The molecule has 6 nitrogen and oxygen atoms in total. The Bertz CT molecular complexity index is 1400. The minimum absolute atomic E-state index is 0.0645. The quantitative estimate of drug-likeness (QED) is 0.231. The molecule has 1 unspecified atom stereocenters. The van der Waals surface area contributed by atoms with Gasteiger partial charge in [-0.15, -0.1) is 11.3 Å². The fourth-order valence-electron chi connectivity index (χ4n) is 3.72. The van der Waals surface area contributed by atoms with E-state index in [0.717, 1.165) is 22.4 Å². The summed E-state index contributed by atoms with van der Waals surface area (Å²) in [7, 11) is 0. The van der Waals surface area contributed by atoms with E-state index >= 15 is 0 Å². The summed E-state index contributed by atoms with van der Waals surface area (Å²) in [5, 5.41) is 14.4. The molecule has 1 aliphatic heterocycles. The summed E-state index contributed by atoms with van der Waals surface area (Å²) >= 11 is 13.4. The van der Waals surface area contributed by atoms with Gasteiger partial charge in [0, 0.05) is 21.8 Å². The molecule has 0 bridgehead atoms. The van der Waals surface area contributed by atoms with Crippen LogP contribution in [0.3, 0.4) is 0 Å². The van der Waals surface area contributed by atoms with Crippen LogP contribution < -0.4 is 10.4 Å². The third-order valence-corrected chi connectivity index (χ3v) is 6.74. The predicted octanol–water partition coefficient (Wildman–Crippen LogP) is 6.57. The summed E-state index contributed by atoms with van der Waals surface area (Å²) < 4.78 is 0. The van der Waals surface area contributed by atoms with Gasteiger partial charge in [-0.1, -0.05) is 77.8 Å². The van der Waals surface area contributed by atoms with Gasteiger partial charge in [0.05, 0.1) is 18.0 Å². The average molecular weight is 520 g/mol. The van der Waals surface area contributed by atoms with Gasteiger partial charge >= 0.3 is 0 Å². The summed E-state index contributed by atoms with van der Waals surface area (Å²) in [5.74, 6) is -0.403. The van der Waals surface area contributed by atoms with Gasteiger partial charge in [-0.25, -0.2) is 15.4 Å². The molecule has 1 atom stereocenters. The summed E-state index contributed by atoms with van der Waals surface area (Å²) in [6.07, 6.45) is 2.24. The van der Waals surface area contributed by atoms with Gasteiger partial charge in [-0.3, -0.25) is 4.79 Å². The Labute approximate surface area is 216 Å². The second-order valence-electron chi connectivity index (χ2n) is 7.80. The van der Waals surface area contributed by atoms with Gasteiger partial charge in [-0.2, -0.15) is 10.2 Å². The molecule has 0 aliphatic carbocycles. The third kappa shape index (κ3) is 5.43. The zero-order valence-electron chi connectivity index (χ0n) is 18.3. The smallest absolute Gasteiger partial charge is 0.266 e. The Morgan fingerprint density at radius 3 is 2.60 bits per heavy atom. The zero-order chi connectivity index (χ0) is 24.2. The van der Waals surface area contributed by atoms with Crippen LogP contribution in [0.15, 0.2) is 94.4 Å². The molecule has 1 amide bonds. The van der Waals surface area contributed by atoms with Crippen LogP contribution >= 0.6 is 34.5 Å². The summed E-state index contributed by atoms with van der Waals surface area (Å²) in [6.45, 7) is 0. The molecule has 1 N–H and O–H groups in total. The number of carbonyl (C=O) groups is 1. The van der Waals surface area contributed by atoms with Crippen LogP contribution in [0.1, 0.15) is 39.6 Å². The number of nitrogens with zero attached hydrogens (tertiary/aromatic N) is 4. The lowest BCUT2D eigenvalue weighted by Crippen LogP contribution is -2.20. The molecule has 35 heavy (non-hydrogen) atoms. The van der Waals surface area contributed by atoms with Crippen LogP contribution in [-0.4, -0.2) is 22.8 Å². The van der Waals surface area contributed by atoms with Crippen LogP contribution in [0.2, 0.25) is 10.0 Å². The maximum Gasteiger partial charge on any atom is 0.290 e. The van der Waals surface area contributed by atoms with Gasteiger partial charge in [-0.05, 0) is 41.0 Å². The van der Waals surface area contributed by atoms with Gasteiger partial charge in [0.2, 0.25) is 5.13 Å². The van der Waals surface area contributed by atoms with Crippen molar-refractivity contribution in [1.29, 1.82) is 0 Å². The van der Waals surface area contributed by atoms with E-state index in [0.29, 0.717) is 21.6 Å². The van der Waals surface area contributed by atoms with Gasteiger partial charge in [0.25, 0.3) is 5.91 Å². The van der Waals surface area contributed by atoms with E-state index in [1.165, 1.54) is 17.6 Å². The molecule has 9 heteroatoms. The number of thiazole rings is 1. The van der Waals surface area contributed by atoms with Crippen molar-refractivity contribution in [2.24, 2.45) is 10.2 Å². The summed E-state index contributed by atoms with van der Waals surface area (Å²) in [4.78, 5) is 17.2. The first kappa shape index (κ1) is 23.2. The van der Waals surface area contributed by atoms with Crippen molar-refractivity contribution in [1.82, 2.24) is 10.4 Å². The number of hydrogen-bond donors (Lipinski definition) is 1. The Morgan fingerprint density at radius 1 is 1.03 bits per heavy atom. The number of anilines is 1. The van der Waals surface area contributed by atoms with E-state index in [1.54, 1.807) is 17.5 Å². The topological polar surface area (TPSA) is 70.0 Å². The first-order valence-corrected chi connectivity index (χ1v) is 12.4. The van der Waals surface area contributed by atoms with Gasteiger partial charge in [0.1, 0.15) is 5.69 Å². The van der Waals surface area contributed by atoms with E-state index in [2.05, 4.69) is 15.5 Å². The highest BCUT2D eigenvalue weighted by molar-refractivity contribution is 7.14. The minimum atomic E-state index is -0.403. The van der Waals surface area contributed by atoms with Gasteiger partial charge < -0.3 is 0 Å². The fourth-order valence-corrected chi connectivity index (χ4v) is 4.85. The number of aromatic nitrogens is 1. The highest BCUT2D eigenvalue weighted by atomic mass is 35.5. The number of benzene rings is 3. The molecule has 0 spiro atoms. The Morgan fingerprint density at radius 2 is 1.83 bits per heavy atom. The summed E-state index contributed by atoms with van der Waals surface area (Å²) in [5.41, 5.74) is 6.64. The standard InChI is InChI=1S/C26H19Cl2N5OS/c27-20-11-9-19(10-12-20)24-14-22(18-6-2-1-3-7-18)32-33(24)26-30-23(16-35-26)25(34)31-29-15-17-5-4-8-21(28)13-17/h1-13,15-16,24H,14H2,(H,31,34)/b29-15+. The van der Waals surface area contributed by atoms with Crippen LogP contribution in [0, 0.1) is 0 Å². The van der Waals surface area contributed by atoms with Crippen LogP contribution in [0.5, 0.6) is 0 Å². The first-order chi connectivity index (χ1) is 17.1. The number of hydrazone groups is 2. The molecule has 2 heterocycles. The highest BCUT2D eigenvalue weighted by Crippen LogP contribution is 2.38. The molecule has 5 rings (SSSR count). The number of hydrogen-bond acceptors (Lipinski definition) is 6. The number of rotatable bonds is 6. The van der Waals surface area contributed by atoms with Crippen molar-refractivity contribution < 1.29 is 4.79 Å². The lowest BCUT2D eigenvalue weighted by Gasteiger charge is -2.21. The van der Waals surface area contributed by atoms with Crippen molar-refractivity contribution in [3.63, 3.8) is 0 Å². The van der Waals surface area contributed by atoms with Crippen LogP contribution in [-0.2, 0) is 0 Å². The monoisotopic (exact) mass is 519 g/mol. The second-order valence-corrected chi connectivity index (χ2v) is 9.51. The molecule has 1 aliphatic rings. The van der Waals surface area contributed by atoms with Crippen molar-refractivity contribution >= 4 is 57.5 Å². The van der Waals surface area contributed by atoms with Gasteiger partial charge in [0.15, 0.2) is 0 Å². The van der Waals surface area contributed by atoms with Crippen molar-refractivity contribution in [2.45, 2.75) is 12.5 Å². The van der Waals surface area contributed by atoms with Crippen molar-refractivity contribution in [2.75, 3.05) is 5.01 Å². The lowest BCUT2D eigenvalue weighted by atomic mass is 9.99. The van der Waals surface area contributed by atoms with E-state index < -0.39 is 5.91 Å². The molecule has 1 aromatic heterocycles. The Hall–Kier alpha value is -3.52. The zero-order valence-corrected chi connectivity index (χ0v) is 20.6. The minimum Gasteiger partial charge on any atom is -0.266 e. The van der Waals surface area contributed by atoms with Crippen molar-refractivity contribution in [3.8, 4) is 0 Å². The number of nitrogens with one attached hydrogen (secondary N) is 1. The molecule has 4 aromatic rings. The average Bonchev–Trinajstić information content (AvgIpc) is 3.53. The molecule has 174 valence electrons. The first-order valence-electron chi connectivity index (χ1n) is 10.8. The number of halogens is 2. The Balaban J connectivity index is 1.37. The molecule has 0 radical (unpaired) electrons. The molecule has 0 saturated carbocycles. The molecular weight excluding hydrogens is 501 g/mol. The van der Waals surface area contributed by atoms with Crippen LogP contribution in [0.25, 0.3) is 0 Å². The maximum absolute atomic E-state index is 12.6.